The number of esters is 2. The molecule has 2 heterocycles. The molecule has 41 heavy (non-hydrogen) atoms. The van der Waals surface area contributed by atoms with Gasteiger partial charge in [0.1, 0.15) is 23.9 Å². The van der Waals surface area contributed by atoms with Crippen molar-refractivity contribution in [3.8, 4) is 27.7 Å². The standard InChI is InChI=1S/C32H31NO6S.ClH/c1-21(34)38-26-12-8-24(9-13-26)32-30(28-15-14-27(39-22(2)35)20-29(28)40-32)31(36)23-6-10-25(11-7-23)37-19-18-33-16-4-3-5-17-33;/h6-15,20H,3-5,16-19H2,1-2H3;1H. The van der Waals surface area contributed by atoms with E-state index in [4.69, 9.17) is 14.2 Å². The van der Waals surface area contributed by atoms with Gasteiger partial charge in [-0.3, -0.25) is 19.3 Å². The molecule has 0 radical (unpaired) electrons. The van der Waals surface area contributed by atoms with Crippen molar-refractivity contribution in [2.24, 2.45) is 0 Å². The van der Waals surface area contributed by atoms with Gasteiger partial charge >= 0.3 is 11.9 Å². The minimum absolute atomic E-state index is 0. The molecule has 4 aromatic rings. The molecule has 0 unspecified atom stereocenters. The number of carbonyl (C=O) groups excluding carboxylic acids is 3. The lowest BCUT2D eigenvalue weighted by Crippen LogP contribution is -2.33. The topological polar surface area (TPSA) is 82.1 Å². The van der Waals surface area contributed by atoms with E-state index in [1.54, 1.807) is 36.4 Å². The molecule has 0 atom stereocenters. The van der Waals surface area contributed by atoms with E-state index >= 15 is 0 Å². The van der Waals surface area contributed by atoms with Gasteiger partial charge in [0, 0.05) is 46.5 Å². The molecule has 1 aliphatic heterocycles. The predicted octanol–water partition coefficient (Wildman–Crippen LogP) is 6.94. The number of thiophene rings is 1. The molecule has 0 bridgehead atoms. The molecule has 9 heteroatoms. The minimum atomic E-state index is -0.410. The van der Waals surface area contributed by atoms with Gasteiger partial charge in [-0.05, 0) is 98.2 Å². The van der Waals surface area contributed by atoms with Crippen LogP contribution in [0.25, 0.3) is 20.5 Å². The quantitative estimate of drug-likeness (QED) is 0.118. The van der Waals surface area contributed by atoms with E-state index in [0.29, 0.717) is 29.2 Å². The van der Waals surface area contributed by atoms with Gasteiger partial charge in [-0.1, -0.05) is 6.42 Å². The number of fused-ring (bicyclic) bond motifs is 1. The van der Waals surface area contributed by atoms with Crippen LogP contribution in [0.2, 0.25) is 0 Å². The van der Waals surface area contributed by atoms with Gasteiger partial charge in [-0.25, -0.2) is 0 Å². The summed E-state index contributed by atoms with van der Waals surface area (Å²) in [5.74, 6) is 0.650. The highest BCUT2D eigenvalue weighted by Gasteiger charge is 2.22. The third kappa shape index (κ3) is 7.52. The zero-order chi connectivity index (χ0) is 28.1. The van der Waals surface area contributed by atoms with E-state index < -0.39 is 11.9 Å². The number of likely N-dealkylation sites (tertiary alicyclic amines) is 1. The predicted molar refractivity (Wildman–Crippen MR) is 163 cm³/mol. The van der Waals surface area contributed by atoms with Crippen LogP contribution in [0.1, 0.15) is 49.0 Å². The first-order valence-electron chi connectivity index (χ1n) is 13.4. The van der Waals surface area contributed by atoms with Crippen molar-refractivity contribution in [2.75, 3.05) is 26.2 Å². The maximum atomic E-state index is 13.9. The number of piperidine rings is 1. The number of halogens is 1. The first-order valence-corrected chi connectivity index (χ1v) is 14.2. The molecule has 0 aliphatic carbocycles. The zero-order valence-corrected chi connectivity index (χ0v) is 24.6. The molecular weight excluding hydrogens is 562 g/mol. The molecule has 7 nitrogen and oxygen atoms in total. The number of carbonyl (C=O) groups is 3. The summed E-state index contributed by atoms with van der Waals surface area (Å²) in [6.45, 7) is 6.47. The molecule has 1 saturated heterocycles. The Hall–Kier alpha value is -3.72. The van der Waals surface area contributed by atoms with E-state index in [9.17, 15) is 14.4 Å². The third-order valence-corrected chi connectivity index (χ3v) is 7.97. The van der Waals surface area contributed by atoms with Crippen molar-refractivity contribution >= 4 is 51.6 Å². The Labute approximate surface area is 249 Å². The fraction of sp³-hybridized carbons (Fsp3) is 0.281. The van der Waals surface area contributed by atoms with Crippen molar-refractivity contribution in [1.29, 1.82) is 0 Å². The summed E-state index contributed by atoms with van der Waals surface area (Å²) < 4.78 is 17.2. The zero-order valence-electron chi connectivity index (χ0n) is 23.0. The fourth-order valence-corrected chi connectivity index (χ4v) is 6.13. The Morgan fingerprint density at radius 1 is 0.780 bits per heavy atom. The summed E-state index contributed by atoms with van der Waals surface area (Å²) in [7, 11) is 0. The van der Waals surface area contributed by atoms with E-state index in [-0.39, 0.29) is 18.2 Å². The lowest BCUT2D eigenvalue weighted by Gasteiger charge is -2.26. The molecule has 0 amide bonds. The van der Waals surface area contributed by atoms with E-state index in [1.165, 1.54) is 44.4 Å². The number of ether oxygens (including phenoxy) is 3. The van der Waals surface area contributed by atoms with Crippen LogP contribution in [-0.2, 0) is 9.59 Å². The van der Waals surface area contributed by atoms with Gasteiger partial charge in [0.05, 0.1) is 0 Å². The van der Waals surface area contributed by atoms with Crippen LogP contribution in [0, 0.1) is 0 Å². The average Bonchev–Trinajstić information content (AvgIpc) is 3.32. The van der Waals surface area contributed by atoms with Crippen molar-refractivity contribution in [3.63, 3.8) is 0 Å². The highest BCUT2D eigenvalue weighted by atomic mass is 35.5. The number of hydrogen-bond acceptors (Lipinski definition) is 8. The summed E-state index contributed by atoms with van der Waals surface area (Å²) in [5, 5.41) is 0.770. The summed E-state index contributed by atoms with van der Waals surface area (Å²) in [6, 6.07) is 19.6. The van der Waals surface area contributed by atoms with Crippen molar-refractivity contribution in [1.82, 2.24) is 4.90 Å². The summed E-state index contributed by atoms with van der Waals surface area (Å²) in [5.41, 5.74) is 1.92. The monoisotopic (exact) mass is 593 g/mol. The molecule has 1 aliphatic rings. The Kier molecular flexibility index (Phi) is 10.2. The second kappa shape index (κ2) is 13.8. The van der Waals surface area contributed by atoms with Crippen LogP contribution >= 0.6 is 23.7 Å². The number of rotatable bonds is 9. The molecule has 0 saturated carbocycles. The van der Waals surface area contributed by atoms with Crippen LogP contribution in [0.4, 0.5) is 0 Å². The second-order valence-electron chi connectivity index (χ2n) is 9.78. The van der Waals surface area contributed by atoms with Crippen LogP contribution in [0.3, 0.4) is 0 Å². The van der Waals surface area contributed by atoms with Gasteiger partial charge < -0.3 is 14.2 Å². The molecule has 1 aromatic heterocycles. The van der Waals surface area contributed by atoms with Gasteiger partial charge in [0.15, 0.2) is 5.78 Å². The van der Waals surface area contributed by atoms with Crippen LogP contribution in [0.5, 0.6) is 17.2 Å². The van der Waals surface area contributed by atoms with E-state index in [0.717, 1.165) is 45.9 Å². The Bertz CT molecular complexity index is 1520. The number of benzene rings is 3. The fourth-order valence-electron chi connectivity index (χ4n) is 4.90. The van der Waals surface area contributed by atoms with E-state index in [2.05, 4.69) is 4.90 Å². The SMILES string of the molecule is CC(=O)Oc1ccc(-c2sc3cc(OC(C)=O)ccc3c2C(=O)c2ccc(OCCN3CCCCC3)cc2)cc1.Cl. The van der Waals surface area contributed by atoms with Crippen molar-refractivity contribution in [3.05, 3.63) is 77.9 Å². The molecular formula is C32H32ClNO6S. The Balaban J connectivity index is 0.00000387. The number of hydrogen-bond donors (Lipinski definition) is 0. The van der Waals surface area contributed by atoms with Crippen LogP contribution in [-0.4, -0.2) is 48.9 Å². The smallest absolute Gasteiger partial charge is 0.308 e. The largest absolute Gasteiger partial charge is 0.492 e. The van der Waals surface area contributed by atoms with Gasteiger partial charge in [0.2, 0.25) is 0 Å². The third-order valence-electron chi connectivity index (χ3n) is 6.77. The number of nitrogens with zero attached hydrogens (tertiary/aromatic N) is 1. The molecule has 3 aromatic carbocycles. The highest BCUT2D eigenvalue weighted by molar-refractivity contribution is 7.22. The molecule has 1 fully saturated rings. The van der Waals surface area contributed by atoms with Crippen LogP contribution < -0.4 is 14.2 Å². The van der Waals surface area contributed by atoms with E-state index in [1.807, 2.05) is 30.3 Å². The Morgan fingerprint density at radius 2 is 1.39 bits per heavy atom. The molecule has 0 spiro atoms. The maximum Gasteiger partial charge on any atom is 0.308 e. The molecule has 214 valence electrons. The Morgan fingerprint density at radius 3 is 2.05 bits per heavy atom. The summed E-state index contributed by atoms with van der Waals surface area (Å²) in [6.07, 6.45) is 3.80. The molecule has 0 N–H and O–H groups in total. The first-order chi connectivity index (χ1) is 19.4. The average molecular weight is 594 g/mol. The first kappa shape index (κ1) is 30.2. The van der Waals surface area contributed by atoms with Gasteiger partial charge in [0.25, 0.3) is 0 Å². The minimum Gasteiger partial charge on any atom is -0.492 e. The normalized spacial score (nSPS) is 13.3. The van der Waals surface area contributed by atoms with Crippen molar-refractivity contribution < 1.29 is 28.6 Å². The lowest BCUT2D eigenvalue weighted by atomic mass is 9.97. The summed E-state index contributed by atoms with van der Waals surface area (Å²) in [4.78, 5) is 40.0. The number of ketones is 1. The summed E-state index contributed by atoms with van der Waals surface area (Å²) >= 11 is 1.44. The maximum absolute atomic E-state index is 13.9. The van der Waals surface area contributed by atoms with Gasteiger partial charge in [-0.2, -0.15) is 0 Å². The van der Waals surface area contributed by atoms with Crippen LogP contribution in [0.15, 0.2) is 66.7 Å². The van der Waals surface area contributed by atoms with Gasteiger partial charge in [-0.15, -0.1) is 23.7 Å². The highest BCUT2D eigenvalue weighted by Crippen LogP contribution is 2.41. The van der Waals surface area contributed by atoms with Crippen molar-refractivity contribution in [2.45, 2.75) is 33.1 Å². The molecule has 5 rings (SSSR count). The lowest BCUT2D eigenvalue weighted by molar-refractivity contribution is -0.132. The second-order valence-corrected chi connectivity index (χ2v) is 10.8.